The van der Waals surface area contributed by atoms with Crippen molar-refractivity contribution in [2.75, 3.05) is 34.4 Å². The summed E-state index contributed by atoms with van der Waals surface area (Å²) in [6.45, 7) is 1.93. The smallest absolute Gasteiger partial charge is 0.303 e. The molecule has 51 heavy (non-hydrogen) atoms. The van der Waals surface area contributed by atoms with Crippen LogP contribution in [0.4, 0.5) is 0 Å². The number of carbonyl (C=O) groups excluding carboxylic acids is 3. The minimum absolute atomic E-state index is 0.170. The van der Waals surface area contributed by atoms with E-state index in [0.717, 1.165) is 0 Å². The molecule has 3 N–H and O–H groups in total. The van der Waals surface area contributed by atoms with Gasteiger partial charge >= 0.3 is 5.97 Å². The van der Waals surface area contributed by atoms with Gasteiger partial charge in [0.05, 0.1) is 32.8 Å². The number of benzene rings is 4. The molecule has 1 fully saturated rings. The minimum atomic E-state index is -2.15. The number of rotatable bonds is 13. The highest BCUT2D eigenvalue weighted by molar-refractivity contribution is 5.94. The Morgan fingerprint density at radius 1 is 0.784 bits per heavy atom. The zero-order chi connectivity index (χ0) is 36.2. The molecular weight excluding hydrogens is 652 g/mol. The Morgan fingerprint density at radius 2 is 1.41 bits per heavy atom. The van der Waals surface area contributed by atoms with Crippen LogP contribution in [0.1, 0.15) is 52.7 Å². The monoisotopic (exact) mass is 694 g/mol. The topological polar surface area (TPSA) is 142 Å². The van der Waals surface area contributed by atoms with E-state index in [2.05, 4.69) is 10.6 Å². The zero-order valence-corrected chi connectivity index (χ0v) is 29.0. The molecule has 1 aliphatic heterocycles. The van der Waals surface area contributed by atoms with Gasteiger partial charge in [-0.25, -0.2) is 0 Å². The van der Waals surface area contributed by atoms with E-state index in [0.29, 0.717) is 47.6 Å². The van der Waals surface area contributed by atoms with Gasteiger partial charge in [0.1, 0.15) is 23.0 Å². The average molecular weight is 695 g/mol. The molecule has 6 rings (SSSR count). The maximum absolute atomic E-state index is 14.7. The zero-order valence-electron chi connectivity index (χ0n) is 29.0. The van der Waals surface area contributed by atoms with Gasteiger partial charge in [-0.15, -0.1) is 0 Å². The molecule has 0 saturated heterocycles. The lowest BCUT2D eigenvalue weighted by Gasteiger charge is -2.46. The number of hydrogen-bond donors (Lipinski definition) is 3. The summed E-state index contributed by atoms with van der Waals surface area (Å²) >= 11 is 0. The predicted molar refractivity (Wildman–Crippen MR) is 188 cm³/mol. The summed E-state index contributed by atoms with van der Waals surface area (Å²) in [7, 11) is 4.50. The molecule has 2 aliphatic rings. The van der Waals surface area contributed by atoms with E-state index in [1.165, 1.54) is 21.1 Å². The highest BCUT2D eigenvalue weighted by Crippen LogP contribution is 2.69. The van der Waals surface area contributed by atoms with E-state index in [1.54, 1.807) is 67.8 Å². The summed E-state index contributed by atoms with van der Waals surface area (Å²) in [6, 6.07) is 28.6. The first-order valence-electron chi connectivity index (χ1n) is 16.8. The normalized spacial score (nSPS) is 22.9. The van der Waals surface area contributed by atoms with Crippen LogP contribution in [0.15, 0.2) is 97.1 Å². The summed E-state index contributed by atoms with van der Waals surface area (Å²) in [5, 5.41) is 19.3. The van der Waals surface area contributed by atoms with E-state index in [-0.39, 0.29) is 29.5 Å². The fourth-order valence-corrected chi connectivity index (χ4v) is 7.56. The number of ether oxygens (including phenoxy) is 5. The number of fused-ring (bicyclic) bond motifs is 4. The van der Waals surface area contributed by atoms with Crippen molar-refractivity contribution in [1.29, 1.82) is 0 Å². The van der Waals surface area contributed by atoms with E-state index < -0.39 is 41.0 Å². The molecule has 1 heterocycles. The third-order valence-electron chi connectivity index (χ3n) is 9.72. The number of nitrogens with one attached hydrogen (secondary N) is 2. The van der Waals surface area contributed by atoms with Crippen LogP contribution in [0.3, 0.4) is 0 Å². The van der Waals surface area contributed by atoms with Gasteiger partial charge in [0.25, 0.3) is 5.91 Å². The average Bonchev–Trinajstić information content (AvgIpc) is 3.30. The molecule has 0 radical (unpaired) electrons. The van der Waals surface area contributed by atoms with E-state index in [4.69, 9.17) is 23.7 Å². The highest BCUT2D eigenvalue weighted by Gasteiger charge is 2.78. The molecule has 1 saturated carbocycles. The lowest BCUT2D eigenvalue weighted by molar-refractivity contribution is -0.195. The molecule has 2 bridgehead atoms. The molecular formula is C40H42N2O9. The largest absolute Gasteiger partial charge is 0.497 e. The Balaban J connectivity index is 1.43. The van der Waals surface area contributed by atoms with E-state index in [1.807, 2.05) is 36.4 Å². The van der Waals surface area contributed by atoms with Crippen molar-refractivity contribution < 1.29 is 43.2 Å². The Labute approximate surface area is 296 Å². The van der Waals surface area contributed by atoms with Crippen molar-refractivity contribution in [3.05, 3.63) is 119 Å². The van der Waals surface area contributed by atoms with Crippen molar-refractivity contribution in [2.24, 2.45) is 5.92 Å². The molecule has 0 spiro atoms. The Hall–Kier alpha value is -5.55. The van der Waals surface area contributed by atoms with Crippen LogP contribution in [0.25, 0.3) is 0 Å². The molecule has 11 nitrogen and oxygen atoms in total. The van der Waals surface area contributed by atoms with Crippen LogP contribution in [-0.4, -0.2) is 63.4 Å². The lowest BCUT2D eigenvalue weighted by atomic mass is 9.75. The Morgan fingerprint density at radius 3 is 2.02 bits per heavy atom. The fraction of sp³-hybridized carbons (Fsp3) is 0.325. The van der Waals surface area contributed by atoms with Gasteiger partial charge in [-0.2, -0.15) is 0 Å². The molecule has 0 aromatic heterocycles. The maximum atomic E-state index is 14.7. The first kappa shape index (κ1) is 35.3. The quantitative estimate of drug-likeness (QED) is 0.132. The van der Waals surface area contributed by atoms with Gasteiger partial charge in [-0.3, -0.25) is 14.4 Å². The summed E-state index contributed by atoms with van der Waals surface area (Å²) < 4.78 is 30.0. The fourth-order valence-electron chi connectivity index (χ4n) is 7.56. The van der Waals surface area contributed by atoms with Crippen molar-refractivity contribution in [2.45, 2.75) is 43.0 Å². The number of esters is 1. The minimum Gasteiger partial charge on any atom is -0.497 e. The van der Waals surface area contributed by atoms with Gasteiger partial charge in [-0.1, -0.05) is 60.7 Å². The first-order valence-corrected chi connectivity index (χ1v) is 16.8. The second-order valence-electron chi connectivity index (χ2n) is 12.6. The molecule has 2 amide bonds. The molecule has 1 aliphatic carbocycles. The highest BCUT2D eigenvalue weighted by atomic mass is 16.6. The van der Waals surface area contributed by atoms with Crippen molar-refractivity contribution >= 4 is 17.8 Å². The Bertz CT molecular complexity index is 1870. The molecule has 0 unspecified atom stereocenters. The van der Waals surface area contributed by atoms with Gasteiger partial charge in [0.2, 0.25) is 5.91 Å². The van der Waals surface area contributed by atoms with Crippen molar-refractivity contribution in [3.63, 3.8) is 0 Å². The van der Waals surface area contributed by atoms with Gasteiger partial charge < -0.3 is 39.4 Å². The van der Waals surface area contributed by atoms with Crippen LogP contribution in [0.5, 0.6) is 23.0 Å². The van der Waals surface area contributed by atoms with Crippen molar-refractivity contribution in [1.82, 2.24) is 10.6 Å². The van der Waals surface area contributed by atoms with E-state index in [9.17, 15) is 19.5 Å². The second kappa shape index (κ2) is 14.7. The second-order valence-corrected chi connectivity index (χ2v) is 12.6. The first-order chi connectivity index (χ1) is 24.7. The summed E-state index contributed by atoms with van der Waals surface area (Å²) in [5.74, 6) is -2.02. The third-order valence-corrected chi connectivity index (χ3v) is 9.72. The van der Waals surface area contributed by atoms with Gasteiger partial charge in [-0.05, 0) is 42.7 Å². The summed E-state index contributed by atoms with van der Waals surface area (Å²) in [4.78, 5) is 40.1. The van der Waals surface area contributed by atoms with Crippen LogP contribution < -0.4 is 29.6 Å². The van der Waals surface area contributed by atoms with Crippen molar-refractivity contribution in [3.8, 4) is 23.0 Å². The number of carbonyl (C=O) groups is 3. The Kier molecular flexibility index (Phi) is 10.2. The van der Waals surface area contributed by atoms with Gasteiger partial charge in [0, 0.05) is 49.2 Å². The molecule has 266 valence electrons. The number of amides is 2. The van der Waals surface area contributed by atoms with Crippen LogP contribution >= 0.6 is 0 Å². The number of unbranched alkanes of at least 4 members (excludes halogenated alkanes) is 1. The third kappa shape index (κ3) is 6.33. The standard InChI is InChI=1S/C40H42N2O9/c1-25(43)50-38-39(46)34-31(49-4)23-30(48-3)24-32(34)51-40(38,28-17-19-29(47-2)20-18-28)33(26-13-7-5-8-14-26)35(39)37(45)42-22-12-11-21-41-36(44)27-15-9-6-10-16-27/h5-10,13-20,23-24,33,35,38,46H,11-12,21-22H2,1-4H3,(H,41,44)(H,42,45)/t33-,35-,38-,39-,40-/m1/s1. The molecule has 4 aromatic rings. The lowest BCUT2D eigenvalue weighted by Crippen LogP contribution is -2.57. The van der Waals surface area contributed by atoms with Crippen LogP contribution in [0, 0.1) is 5.92 Å². The van der Waals surface area contributed by atoms with Gasteiger partial charge in [0.15, 0.2) is 17.3 Å². The summed E-state index contributed by atoms with van der Waals surface area (Å²) in [5.41, 5.74) is -1.78. The maximum Gasteiger partial charge on any atom is 0.303 e. The van der Waals surface area contributed by atoms with E-state index >= 15 is 0 Å². The summed E-state index contributed by atoms with van der Waals surface area (Å²) in [6.07, 6.45) is -0.256. The van der Waals surface area contributed by atoms with Crippen LogP contribution in [0.2, 0.25) is 0 Å². The van der Waals surface area contributed by atoms with Crippen LogP contribution in [-0.2, 0) is 25.5 Å². The number of methoxy groups -OCH3 is 3. The number of hydrogen-bond acceptors (Lipinski definition) is 9. The SMILES string of the molecule is COc1ccc([C@]23Oc4cc(OC)cc(OC)c4[C@](O)([C@H]2OC(C)=O)[C@@H](C(=O)NCCCCNC(=O)c2ccccc2)[C@H]3c2ccccc2)cc1. The molecule has 11 heteroatoms. The molecule has 4 aromatic carbocycles. The predicted octanol–water partition coefficient (Wildman–Crippen LogP) is 4.86. The molecule has 5 atom stereocenters. The number of aliphatic hydroxyl groups is 1.